The lowest BCUT2D eigenvalue weighted by molar-refractivity contribution is 0.0836. The van der Waals surface area contributed by atoms with Gasteiger partial charge >= 0.3 is 0 Å². The van der Waals surface area contributed by atoms with E-state index in [4.69, 9.17) is 4.55 Å². The fraction of sp³-hybridized carbons (Fsp3) is 1.00. The Labute approximate surface area is 81.8 Å². The standard InChI is InChI=1S/C9H18O3S/c1-7(13(11)12)9(10)8-5-3-2-4-6-8/h7-10H,2-6H2,1H3,(H,11,12)/t7-,9-/m0/s1. The fourth-order valence-corrected chi connectivity index (χ4v) is 2.44. The Morgan fingerprint density at radius 1 is 1.31 bits per heavy atom. The molecule has 1 rings (SSSR count). The second-order valence-electron chi connectivity index (χ2n) is 3.87. The van der Waals surface area contributed by atoms with Crippen LogP contribution in [0.5, 0.6) is 0 Å². The predicted octanol–water partition coefficient (Wildman–Crippen LogP) is 1.54. The van der Waals surface area contributed by atoms with E-state index in [1.165, 1.54) is 6.42 Å². The maximum absolute atomic E-state index is 10.7. The summed E-state index contributed by atoms with van der Waals surface area (Å²) in [5.41, 5.74) is 0. The van der Waals surface area contributed by atoms with Crippen molar-refractivity contribution in [2.45, 2.75) is 50.4 Å². The Morgan fingerprint density at radius 2 is 1.85 bits per heavy atom. The normalized spacial score (nSPS) is 26.7. The highest BCUT2D eigenvalue weighted by Gasteiger charge is 2.28. The fourth-order valence-electron chi connectivity index (χ4n) is 1.98. The van der Waals surface area contributed by atoms with Crippen molar-refractivity contribution in [1.29, 1.82) is 0 Å². The van der Waals surface area contributed by atoms with Crippen molar-refractivity contribution < 1.29 is 13.9 Å². The van der Waals surface area contributed by atoms with E-state index in [2.05, 4.69) is 0 Å². The molecule has 0 heterocycles. The summed E-state index contributed by atoms with van der Waals surface area (Å²) >= 11 is -1.89. The summed E-state index contributed by atoms with van der Waals surface area (Å²) < 4.78 is 19.6. The molecule has 0 aromatic rings. The lowest BCUT2D eigenvalue weighted by Gasteiger charge is -2.28. The van der Waals surface area contributed by atoms with E-state index in [1.54, 1.807) is 6.92 Å². The monoisotopic (exact) mass is 206 g/mol. The smallest absolute Gasteiger partial charge is 0.158 e. The van der Waals surface area contributed by atoms with Crippen LogP contribution in [0.2, 0.25) is 0 Å². The van der Waals surface area contributed by atoms with Crippen LogP contribution in [-0.4, -0.2) is 25.2 Å². The Bertz CT molecular complexity index is 178. The molecule has 3 atom stereocenters. The molecule has 0 aromatic heterocycles. The molecule has 3 nitrogen and oxygen atoms in total. The number of aliphatic hydroxyl groups is 1. The van der Waals surface area contributed by atoms with Gasteiger partial charge in [-0.15, -0.1) is 0 Å². The van der Waals surface area contributed by atoms with Crippen molar-refractivity contribution in [2.24, 2.45) is 5.92 Å². The first-order chi connectivity index (χ1) is 6.13. The number of aliphatic hydroxyl groups excluding tert-OH is 1. The van der Waals surface area contributed by atoms with Crippen LogP contribution in [0, 0.1) is 5.92 Å². The van der Waals surface area contributed by atoms with Gasteiger partial charge in [-0.1, -0.05) is 19.3 Å². The number of hydrogen-bond donors (Lipinski definition) is 2. The minimum absolute atomic E-state index is 0.236. The van der Waals surface area contributed by atoms with Crippen molar-refractivity contribution in [3.8, 4) is 0 Å². The minimum atomic E-state index is -1.89. The largest absolute Gasteiger partial charge is 0.392 e. The van der Waals surface area contributed by atoms with Crippen LogP contribution in [0.1, 0.15) is 39.0 Å². The van der Waals surface area contributed by atoms with E-state index in [0.717, 1.165) is 25.7 Å². The van der Waals surface area contributed by atoms with Crippen LogP contribution in [0.3, 0.4) is 0 Å². The van der Waals surface area contributed by atoms with E-state index in [0.29, 0.717) is 0 Å². The van der Waals surface area contributed by atoms with Gasteiger partial charge in [0.15, 0.2) is 11.1 Å². The average molecular weight is 206 g/mol. The summed E-state index contributed by atoms with van der Waals surface area (Å²) in [7, 11) is 0. The molecule has 0 aromatic carbocycles. The van der Waals surface area contributed by atoms with Crippen LogP contribution >= 0.6 is 0 Å². The Kier molecular flexibility index (Phi) is 4.35. The molecule has 0 radical (unpaired) electrons. The van der Waals surface area contributed by atoms with Crippen LogP contribution in [0.25, 0.3) is 0 Å². The third kappa shape index (κ3) is 3.04. The summed E-state index contributed by atoms with van der Waals surface area (Å²) in [4.78, 5) is 0. The summed E-state index contributed by atoms with van der Waals surface area (Å²) in [6, 6.07) is 0. The van der Waals surface area contributed by atoms with Gasteiger partial charge in [0.2, 0.25) is 0 Å². The molecule has 4 heteroatoms. The predicted molar refractivity (Wildman–Crippen MR) is 52.8 cm³/mol. The van der Waals surface area contributed by atoms with Crippen molar-refractivity contribution in [3.63, 3.8) is 0 Å². The Balaban J connectivity index is 2.44. The third-order valence-electron chi connectivity index (χ3n) is 2.93. The summed E-state index contributed by atoms with van der Waals surface area (Å²) in [5.74, 6) is 0.236. The second-order valence-corrected chi connectivity index (χ2v) is 5.17. The zero-order chi connectivity index (χ0) is 9.84. The molecule has 0 saturated heterocycles. The van der Waals surface area contributed by atoms with Crippen LogP contribution in [0.15, 0.2) is 0 Å². The molecule has 1 saturated carbocycles. The molecule has 0 bridgehead atoms. The van der Waals surface area contributed by atoms with Crippen LogP contribution in [0.4, 0.5) is 0 Å². The Morgan fingerprint density at radius 3 is 2.31 bits per heavy atom. The molecule has 0 aliphatic heterocycles. The van der Waals surface area contributed by atoms with Gasteiger partial charge in [-0.2, -0.15) is 0 Å². The molecule has 1 unspecified atom stereocenters. The van der Waals surface area contributed by atoms with E-state index in [-0.39, 0.29) is 5.92 Å². The topological polar surface area (TPSA) is 57.5 Å². The van der Waals surface area contributed by atoms with Crippen molar-refractivity contribution in [3.05, 3.63) is 0 Å². The first-order valence-electron chi connectivity index (χ1n) is 4.90. The highest BCUT2D eigenvalue weighted by molar-refractivity contribution is 7.79. The van der Waals surface area contributed by atoms with E-state index >= 15 is 0 Å². The van der Waals surface area contributed by atoms with Crippen molar-refractivity contribution in [2.75, 3.05) is 0 Å². The summed E-state index contributed by atoms with van der Waals surface area (Å²) in [5, 5.41) is 9.25. The zero-order valence-corrected chi connectivity index (χ0v) is 8.80. The highest BCUT2D eigenvalue weighted by atomic mass is 32.2. The van der Waals surface area contributed by atoms with Crippen molar-refractivity contribution >= 4 is 11.1 Å². The van der Waals surface area contributed by atoms with Gasteiger partial charge in [0.25, 0.3) is 0 Å². The Hall–Kier alpha value is 0.0700. The van der Waals surface area contributed by atoms with Gasteiger partial charge in [-0.05, 0) is 25.7 Å². The molecular formula is C9H18O3S. The van der Waals surface area contributed by atoms with E-state index in [1.807, 2.05) is 0 Å². The first kappa shape index (κ1) is 11.1. The van der Waals surface area contributed by atoms with E-state index < -0.39 is 22.4 Å². The van der Waals surface area contributed by atoms with Gasteiger partial charge in [-0.3, -0.25) is 0 Å². The average Bonchev–Trinajstić information content (AvgIpc) is 2.17. The second kappa shape index (κ2) is 5.08. The van der Waals surface area contributed by atoms with Gasteiger partial charge in [0, 0.05) is 0 Å². The molecule has 0 spiro atoms. The van der Waals surface area contributed by atoms with Gasteiger partial charge < -0.3 is 9.66 Å². The van der Waals surface area contributed by atoms with Crippen molar-refractivity contribution in [1.82, 2.24) is 0 Å². The van der Waals surface area contributed by atoms with Crippen LogP contribution < -0.4 is 0 Å². The molecule has 78 valence electrons. The highest BCUT2D eigenvalue weighted by Crippen LogP contribution is 2.28. The molecule has 1 aliphatic rings. The third-order valence-corrected chi connectivity index (χ3v) is 3.85. The first-order valence-corrected chi connectivity index (χ1v) is 6.07. The molecule has 13 heavy (non-hydrogen) atoms. The maximum atomic E-state index is 10.7. The summed E-state index contributed by atoms with van der Waals surface area (Å²) in [6.07, 6.45) is 4.93. The lowest BCUT2D eigenvalue weighted by Crippen LogP contribution is -2.35. The lowest BCUT2D eigenvalue weighted by atomic mass is 9.84. The van der Waals surface area contributed by atoms with Gasteiger partial charge in [0.05, 0.1) is 11.4 Å². The number of rotatable bonds is 3. The van der Waals surface area contributed by atoms with E-state index in [9.17, 15) is 9.32 Å². The SMILES string of the molecule is C[C@@H]([C@H](O)C1CCCCC1)S(=O)O. The molecule has 0 amide bonds. The quantitative estimate of drug-likeness (QED) is 0.689. The van der Waals surface area contributed by atoms with Gasteiger partial charge in [0.1, 0.15) is 0 Å². The molecule has 1 fully saturated rings. The van der Waals surface area contributed by atoms with Gasteiger partial charge in [-0.25, -0.2) is 4.21 Å². The number of hydrogen-bond acceptors (Lipinski definition) is 2. The molecular weight excluding hydrogens is 188 g/mol. The minimum Gasteiger partial charge on any atom is -0.392 e. The molecule has 2 N–H and O–H groups in total. The molecule has 1 aliphatic carbocycles. The zero-order valence-electron chi connectivity index (χ0n) is 7.98. The summed E-state index contributed by atoms with van der Waals surface area (Å²) in [6.45, 7) is 1.63. The maximum Gasteiger partial charge on any atom is 0.158 e. The van der Waals surface area contributed by atoms with Crippen LogP contribution in [-0.2, 0) is 11.1 Å².